The van der Waals surface area contributed by atoms with Gasteiger partial charge in [0.25, 0.3) is 0 Å². The van der Waals surface area contributed by atoms with Crippen molar-refractivity contribution < 1.29 is 5.11 Å². The van der Waals surface area contributed by atoms with Crippen LogP contribution in [-0.4, -0.2) is 17.7 Å². The molecular formula is C17H27NO. The van der Waals surface area contributed by atoms with Crippen molar-refractivity contribution >= 4 is 0 Å². The minimum atomic E-state index is -0.344. The van der Waals surface area contributed by atoms with Crippen molar-refractivity contribution in [2.45, 2.75) is 59.1 Å². The predicted octanol–water partition coefficient (Wildman–Crippen LogP) is 3.42. The highest BCUT2D eigenvalue weighted by molar-refractivity contribution is 5.39. The van der Waals surface area contributed by atoms with Gasteiger partial charge in [0.2, 0.25) is 0 Å². The lowest BCUT2D eigenvalue weighted by Gasteiger charge is -2.30. The lowest BCUT2D eigenvalue weighted by Crippen LogP contribution is -2.38. The number of aliphatic hydroxyl groups excluding tert-OH is 1. The van der Waals surface area contributed by atoms with E-state index in [9.17, 15) is 5.11 Å². The molecule has 106 valence electrons. The molecule has 1 aromatic rings. The Kier molecular flexibility index (Phi) is 4.64. The molecule has 0 spiro atoms. The Hall–Kier alpha value is -0.860. The summed E-state index contributed by atoms with van der Waals surface area (Å²) in [6.45, 7) is 9.72. The summed E-state index contributed by atoms with van der Waals surface area (Å²) in [4.78, 5) is 0. The highest BCUT2D eigenvalue weighted by Crippen LogP contribution is 2.29. The fourth-order valence-electron chi connectivity index (χ4n) is 3.50. The molecule has 3 unspecified atom stereocenters. The molecule has 2 nitrogen and oxygen atoms in total. The molecule has 0 aliphatic carbocycles. The maximum atomic E-state index is 10.6. The van der Waals surface area contributed by atoms with E-state index in [0.29, 0.717) is 6.04 Å². The second kappa shape index (κ2) is 6.06. The van der Waals surface area contributed by atoms with Gasteiger partial charge >= 0.3 is 0 Å². The van der Waals surface area contributed by atoms with Crippen molar-refractivity contribution in [3.05, 3.63) is 34.4 Å². The lowest BCUT2D eigenvalue weighted by atomic mass is 9.87. The van der Waals surface area contributed by atoms with Crippen LogP contribution in [0.25, 0.3) is 0 Å². The molecule has 1 aromatic carbocycles. The standard InChI is InChI=1S/C17H27NO/c1-11-5-6-18-15(9-11)10-16(19)17-13(3)7-12(2)8-14(17)4/h7-8,11,15-16,18-19H,5-6,9-10H2,1-4H3. The van der Waals surface area contributed by atoms with Gasteiger partial charge in [-0.05, 0) is 69.2 Å². The summed E-state index contributed by atoms with van der Waals surface area (Å²) in [5, 5.41) is 14.1. The zero-order valence-electron chi connectivity index (χ0n) is 12.7. The second-order valence-electron chi connectivity index (χ2n) is 6.34. The van der Waals surface area contributed by atoms with Gasteiger partial charge in [0.1, 0.15) is 0 Å². The average Bonchev–Trinajstić information content (AvgIpc) is 2.27. The number of hydrogen-bond acceptors (Lipinski definition) is 2. The monoisotopic (exact) mass is 261 g/mol. The van der Waals surface area contributed by atoms with E-state index in [1.165, 1.54) is 29.5 Å². The van der Waals surface area contributed by atoms with Gasteiger partial charge in [0.15, 0.2) is 0 Å². The van der Waals surface area contributed by atoms with Crippen LogP contribution < -0.4 is 5.32 Å². The molecule has 0 aromatic heterocycles. The fourth-order valence-corrected chi connectivity index (χ4v) is 3.50. The summed E-state index contributed by atoms with van der Waals surface area (Å²) in [7, 11) is 0. The number of nitrogens with one attached hydrogen (secondary N) is 1. The highest BCUT2D eigenvalue weighted by Gasteiger charge is 2.23. The zero-order chi connectivity index (χ0) is 14.0. The molecule has 0 bridgehead atoms. The van der Waals surface area contributed by atoms with Gasteiger partial charge in [-0.2, -0.15) is 0 Å². The van der Waals surface area contributed by atoms with Gasteiger partial charge in [0.05, 0.1) is 6.10 Å². The van der Waals surface area contributed by atoms with Crippen LogP contribution >= 0.6 is 0 Å². The molecule has 1 aliphatic heterocycles. The fraction of sp³-hybridized carbons (Fsp3) is 0.647. The van der Waals surface area contributed by atoms with Crippen LogP contribution in [0.15, 0.2) is 12.1 Å². The zero-order valence-corrected chi connectivity index (χ0v) is 12.7. The molecule has 0 radical (unpaired) electrons. The molecule has 3 atom stereocenters. The minimum Gasteiger partial charge on any atom is -0.388 e. The van der Waals surface area contributed by atoms with Crippen LogP contribution in [0.4, 0.5) is 0 Å². The van der Waals surface area contributed by atoms with Crippen molar-refractivity contribution in [2.24, 2.45) is 5.92 Å². The summed E-state index contributed by atoms with van der Waals surface area (Å²) >= 11 is 0. The van der Waals surface area contributed by atoms with Crippen molar-refractivity contribution in [2.75, 3.05) is 6.54 Å². The van der Waals surface area contributed by atoms with Gasteiger partial charge in [-0.25, -0.2) is 0 Å². The van der Waals surface area contributed by atoms with Gasteiger partial charge in [-0.3, -0.25) is 0 Å². The first-order valence-electron chi connectivity index (χ1n) is 7.46. The van der Waals surface area contributed by atoms with Crippen LogP contribution in [0.2, 0.25) is 0 Å². The van der Waals surface area contributed by atoms with Gasteiger partial charge < -0.3 is 10.4 Å². The van der Waals surface area contributed by atoms with Crippen molar-refractivity contribution in [3.8, 4) is 0 Å². The number of hydrogen-bond donors (Lipinski definition) is 2. The molecule has 1 fully saturated rings. The third kappa shape index (κ3) is 3.58. The van der Waals surface area contributed by atoms with Crippen molar-refractivity contribution in [1.82, 2.24) is 5.32 Å². The predicted molar refractivity (Wildman–Crippen MR) is 80.4 cm³/mol. The van der Waals surface area contributed by atoms with Gasteiger partial charge in [-0.15, -0.1) is 0 Å². The smallest absolute Gasteiger partial charge is 0.0810 e. The van der Waals surface area contributed by atoms with Crippen LogP contribution in [-0.2, 0) is 0 Å². The van der Waals surface area contributed by atoms with Crippen LogP contribution in [0.1, 0.15) is 54.5 Å². The third-order valence-electron chi connectivity index (χ3n) is 4.34. The van der Waals surface area contributed by atoms with E-state index in [4.69, 9.17) is 0 Å². The minimum absolute atomic E-state index is 0.344. The van der Waals surface area contributed by atoms with E-state index in [1.807, 2.05) is 0 Å². The molecule has 19 heavy (non-hydrogen) atoms. The quantitative estimate of drug-likeness (QED) is 0.874. The Morgan fingerprint density at radius 1 is 1.26 bits per heavy atom. The summed E-state index contributed by atoms with van der Waals surface area (Å²) in [6.07, 6.45) is 2.93. The Morgan fingerprint density at radius 2 is 1.89 bits per heavy atom. The van der Waals surface area contributed by atoms with E-state index in [1.54, 1.807) is 0 Å². The Balaban J connectivity index is 2.09. The maximum Gasteiger partial charge on any atom is 0.0810 e. The molecular weight excluding hydrogens is 234 g/mol. The van der Waals surface area contributed by atoms with E-state index < -0.39 is 0 Å². The van der Waals surface area contributed by atoms with E-state index in [0.717, 1.165) is 24.4 Å². The molecule has 2 rings (SSSR count). The first kappa shape index (κ1) is 14.5. The average molecular weight is 261 g/mol. The number of piperidine rings is 1. The number of benzene rings is 1. The van der Waals surface area contributed by atoms with Crippen LogP contribution in [0.3, 0.4) is 0 Å². The molecule has 0 saturated carbocycles. The normalized spacial score (nSPS) is 25.3. The highest BCUT2D eigenvalue weighted by atomic mass is 16.3. The van der Waals surface area contributed by atoms with Gasteiger partial charge in [0, 0.05) is 6.04 Å². The Bertz CT molecular complexity index is 418. The Labute approximate surface area is 117 Å². The topological polar surface area (TPSA) is 32.3 Å². The van der Waals surface area contributed by atoms with Crippen molar-refractivity contribution in [1.29, 1.82) is 0 Å². The summed E-state index contributed by atoms with van der Waals surface area (Å²) in [6, 6.07) is 4.80. The SMILES string of the molecule is Cc1cc(C)c(C(O)CC2CC(C)CCN2)c(C)c1. The van der Waals surface area contributed by atoms with E-state index >= 15 is 0 Å². The molecule has 0 amide bonds. The van der Waals surface area contributed by atoms with Crippen molar-refractivity contribution in [3.63, 3.8) is 0 Å². The molecule has 2 N–H and O–H groups in total. The first-order valence-corrected chi connectivity index (χ1v) is 7.46. The Morgan fingerprint density at radius 3 is 2.47 bits per heavy atom. The summed E-state index contributed by atoms with van der Waals surface area (Å²) in [5.41, 5.74) is 4.84. The molecule has 1 heterocycles. The number of aliphatic hydroxyl groups is 1. The van der Waals surface area contributed by atoms with Crippen LogP contribution in [0, 0.1) is 26.7 Å². The van der Waals surface area contributed by atoms with Crippen LogP contribution in [0.5, 0.6) is 0 Å². The van der Waals surface area contributed by atoms with E-state index in [2.05, 4.69) is 45.1 Å². The largest absolute Gasteiger partial charge is 0.388 e. The maximum absolute atomic E-state index is 10.6. The third-order valence-corrected chi connectivity index (χ3v) is 4.34. The number of aryl methyl sites for hydroxylation is 3. The summed E-state index contributed by atoms with van der Waals surface area (Å²) < 4.78 is 0. The molecule has 1 saturated heterocycles. The molecule has 2 heteroatoms. The lowest BCUT2D eigenvalue weighted by molar-refractivity contribution is 0.137. The molecule has 1 aliphatic rings. The summed E-state index contributed by atoms with van der Waals surface area (Å²) in [5.74, 6) is 0.777. The first-order chi connectivity index (χ1) is 8.97. The number of rotatable bonds is 3. The van der Waals surface area contributed by atoms with Gasteiger partial charge in [-0.1, -0.05) is 24.6 Å². The van der Waals surface area contributed by atoms with E-state index in [-0.39, 0.29) is 6.10 Å². The second-order valence-corrected chi connectivity index (χ2v) is 6.34.